The van der Waals surface area contributed by atoms with Gasteiger partial charge in [-0.15, -0.1) is 0 Å². The van der Waals surface area contributed by atoms with Gasteiger partial charge in [0.2, 0.25) is 5.78 Å². The summed E-state index contributed by atoms with van der Waals surface area (Å²) >= 11 is 0. The molecule has 1 aliphatic rings. The first-order valence-corrected chi connectivity index (χ1v) is 7.94. The van der Waals surface area contributed by atoms with Gasteiger partial charge in [-0.2, -0.15) is 0 Å². The molecule has 26 heavy (non-hydrogen) atoms. The number of hydrogen-bond donors (Lipinski definition) is 2. The number of benzene rings is 3. The zero-order valence-corrected chi connectivity index (χ0v) is 13.5. The number of aliphatic imine (C=N–C) groups is 1. The van der Waals surface area contributed by atoms with Crippen molar-refractivity contribution in [2.75, 3.05) is 0 Å². The highest BCUT2D eigenvalue weighted by atomic mass is 16.3. The summed E-state index contributed by atoms with van der Waals surface area (Å²) in [6.07, 6.45) is 1.52. The number of aromatic hydroxyl groups is 2. The molecule has 0 spiro atoms. The van der Waals surface area contributed by atoms with Gasteiger partial charge < -0.3 is 10.2 Å². The molecule has 0 saturated carbocycles. The molecule has 0 bridgehead atoms. The molecule has 1 aliphatic carbocycles. The van der Waals surface area contributed by atoms with Crippen LogP contribution in [0.25, 0.3) is 0 Å². The van der Waals surface area contributed by atoms with Crippen LogP contribution >= 0.6 is 0 Å². The largest absolute Gasteiger partial charge is 0.507 e. The number of phenols is 2. The summed E-state index contributed by atoms with van der Waals surface area (Å²) < 4.78 is 0. The van der Waals surface area contributed by atoms with Crippen molar-refractivity contribution < 1.29 is 19.8 Å². The predicted molar refractivity (Wildman–Crippen MR) is 96.8 cm³/mol. The maximum atomic E-state index is 12.8. The zero-order chi connectivity index (χ0) is 18.3. The van der Waals surface area contributed by atoms with Crippen LogP contribution in [-0.2, 0) is 0 Å². The first-order valence-electron chi connectivity index (χ1n) is 7.94. The molecule has 5 heteroatoms. The zero-order valence-electron chi connectivity index (χ0n) is 13.5. The van der Waals surface area contributed by atoms with Gasteiger partial charge in [0, 0.05) is 17.3 Å². The Balaban J connectivity index is 1.82. The van der Waals surface area contributed by atoms with E-state index < -0.39 is 11.6 Å². The van der Waals surface area contributed by atoms with E-state index in [0.717, 1.165) is 5.69 Å². The molecule has 0 fully saturated rings. The van der Waals surface area contributed by atoms with E-state index >= 15 is 0 Å². The van der Waals surface area contributed by atoms with Crippen molar-refractivity contribution in [2.45, 2.75) is 0 Å². The van der Waals surface area contributed by atoms with Gasteiger partial charge in [0.25, 0.3) is 0 Å². The lowest BCUT2D eigenvalue weighted by atomic mass is 9.82. The second kappa shape index (κ2) is 5.97. The van der Waals surface area contributed by atoms with Crippen LogP contribution in [0, 0.1) is 0 Å². The van der Waals surface area contributed by atoms with E-state index in [9.17, 15) is 19.8 Å². The molecular weight excluding hydrogens is 330 g/mol. The highest BCUT2D eigenvalue weighted by Gasteiger charge is 2.34. The quantitative estimate of drug-likeness (QED) is 0.544. The molecule has 0 radical (unpaired) electrons. The van der Waals surface area contributed by atoms with E-state index in [-0.39, 0.29) is 33.8 Å². The Morgan fingerprint density at radius 3 is 2.23 bits per heavy atom. The summed E-state index contributed by atoms with van der Waals surface area (Å²) in [6, 6.07) is 16.4. The SMILES string of the molecule is O=C1c2cccc(O)c2C(=O)c2c(O)cc(C=Nc3ccccc3)cc21. The van der Waals surface area contributed by atoms with Crippen molar-refractivity contribution >= 4 is 23.5 Å². The molecule has 0 heterocycles. The van der Waals surface area contributed by atoms with E-state index in [1.54, 1.807) is 0 Å². The van der Waals surface area contributed by atoms with Crippen LogP contribution in [0.15, 0.2) is 65.7 Å². The average Bonchev–Trinajstić information content (AvgIpc) is 2.64. The first-order chi connectivity index (χ1) is 12.6. The van der Waals surface area contributed by atoms with E-state index in [0.29, 0.717) is 5.56 Å². The van der Waals surface area contributed by atoms with Crippen LogP contribution in [-0.4, -0.2) is 28.0 Å². The molecule has 0 amide bonds. The summed E-state index contributed by atoms with van der Waals surface area (Å²) in [6.45, 7) is 0. The van der Waals surface area contributed by atoms with E-state index in [4.69, 9.17) is 0 Å². The minimum Gasteiger partial charge on any atom is -0.507 e. The van der Waals surface area contributed by atoms with Gasteiger partial charge in [-0.05, 0) is 35.9 Å². The fourth-order valence-electron chi connectivity index (χ4n) is 3.04. The molecule has 0 unspecified atom stereocenters. The second-order valence-electron chi connectivity index (χ2n) is 5.91. The number of ketones is 2. The summed E-state index contributed by atoms with van der Waals surface area (Å²) in [5.41, 5.74) is 1.27. The molecule has 5 nitrogen and oxygen atoms in total. The third kappa shape index (κ3) is 2.46. The summed E-state index contributed by atoms with van der Waals surface area (Å²) in [7, 11) is 0. The number of hydrogen-bond acceptors (Lipinski definition) is 5. The third-order valence-corrected chi connectivity index (χ3v) is 4.24. The average molecular weight is 343 g/mol. The van der Waals surface area contributed by atoms with Gasteiger partial charge in [0.05, 0.1) is 16.8 Å². The molecule has 126 valence electrons. The third-order valence-electron chi connectivity index (χ3n) is 4.24. The van der Waals surface area contributed by atoms with Crippen molar-refractivity contribution in [3.63, 3.8) is 0 Å². The van der Waals surface area contributed by atoms with E-state index in [1.807, 2.05) is 30.3 Å². The van der Waals surface area contributed by atoms with Crippen molar-refractivity contribution in [2.24, 2.45) is 4.99 Å². The van der Waals surface area contributed by atoms with Crippen LogP contribution in [0.4, 0.5) is 5.69 Å². The standard InChI is InChI=1S/C21H13NO4/c23-16-8-4-7-14-18(16)21(26)19-15(20(14)25)9-12(10-17(19)24)11-22-13-5-2-1-3-6-13/h1-11,23-24H. The number of rotatable bonds is 2. The van der Waals surface area contributed by atoms with Gasteiger partial charge in [-0.1, -0.05) is 30.3 Å². The highest BCUT2D eigenvalue weighted by Crippen LogP contribution is 2.36. The minimum atomic E-state index is -0.572. The normalized spacial score (nSPS) is 12.9. The molecular formula is C21H13NO4. The summed E-state index contributed by atoms with van der Waals surface area (Å²) in [4.78, 5) is 29.7. The van der Waals surface area contributed by atoms with Crippen molar-refractivity contribution in [1.82, 2.24) is 0 Å². The van der Waals surface area contributed by atoms with E-state index in [1.165, 1.54) is 36.5 Å². The summed E-state index contributed by atoms with van der Waals surface area (Å²) in [5.74, 6) is -1.59. The maximum absolute atomic E-state index is 12.8. The molecule has 0 aliphatic heterocycles. The van der Waals surface area contributed by atoms with E-state index in [2.05, 4.69) is 4.99 Å². The lowest BCUT2D eigenvalue weighted by Gasteiger charge is -2.19. The molecule has 3 aromatic carbocycles. The molecule has 2 N–H and O–H groups in total. The fraction of sp³-hybridized carbons (Fsp3) is 0. The Kier molecular flexibility index (Phi) is 3.62. The maximum Gasteiger partial charge on any atom is 0.201 e. The Hall–Kier alpha value is -3.73. The van der Waals surface area contributed by atoms with Gasteiger partial charge in [-0.25, -0.2) is 0 Å². The second-order valence-corrected chi connectivity index (χ2v) is 5.91. The molecule has 4 rings (SSSR count). The number of para-hydroxylation sites is 1. The first kappa shape index (κ1) is 15.8. The number of fused-ring (bicyclic) bond motifs is 2. The van der Waals surface area contributed by atoms with Gasteiger partial charge in [-0.3, -0.25) is 14.6 Å². The topological polar surface area (TPSA) is 87.0 Å². The van der Waals surface area contributed by atoms with Crippen LogP contribution in [0.5, 0.6) is 11.5 Å². The van der Waals surface area contributed by atoms with Crippen molar-refractivity contribution in [3.8, 4) is 11.5 Å². The lowest BCUT2D eigenvalue weighted by molar-refractivity contribution is 0.0974. The van der Waals surface area contributed by atoms with Crippen molar-refractivity contribution in [3.05, 3.63) is 88.5 Å². The van der Waals surface area contributed by atoms with Gasteiger partial charge in [0.15, 0.2) is 5.78 Å². The van der Waals surface area contributed by atoms with Crippen LogP contribution < -0.4 is 0 Å². The Bertz CT molecular complexity index is 1080. The molecule has 0 aromatic heterocycles. The number of phenolic OH excluding ortho intramolecular Hbond substituents is 2. The Labute approximate surface area is 148 Å². The molecule has 0 saturated heterocycles. The van der Waals surface area contributed by atoms with Crippen LogP contribution in [0.2, 0.25) is 0 Å². The Morgan fingerprint density at radius 1 is 0.731 bits per heavy atom. The molecule has 0 atom stereocenters. The predicted octanol–water partition coefficient (Wildman–Crippen LogP) is 3.62. The minimum absolute atomic E-state index is 0.0778. The monoisotopic (exact) mass is 343 g/mol. The fourth-order valence-corrected chi connectivity index (χ4v) is 3.04. The van der Waals surface area contributed by atoms with Crippen LogP contribution in [0.1, 0.15) is 37.4 Å². The Morgan fingerprint density at radius 2 is 1.46 bits per heavy atom. The number of carbonyl (C=O) groups excluding carboxylic acids is 2. The van der Waals surface area contributed by atoms with Gasteiger partial charge >= 0.3 is 0 Å². The smallest absolute Gasteiger partial charge is 0.201 e. The molecule has 3 aromatic rings. The summed E-state index contributed by atoms with van der Waals surface area (Å²) in [5, 5.41) is 20.3. The number of nitrogens with zero attached hydrogens (tertiary/aromatic N) is 1. The lowest BCUT2D eigenvalue weighted by Crippen LogP contribution is -2.21. The number of carbonyl (C=O) groups is 2. The van der Waals surface area contributed by atoms with Gasteiger partial charge in [0.1, 0.15) is 11.5 Å². The van der Waals surface area contributed by atoms with Crippen LogP contribution in [0.3, 0.4) is 0 Å². The highest BCUT2D eigenvalue weighted by molar-refractivity contribution is 6.30. The van der Waals surface area contributed by atoms with Crippen molar-refractivity contribution in [1.29, 1.82) is 0 Å².